The predicted molar refractivity (Wildman–Crippen MR) is 405 cm³/mol. The van der Waals surface area contributed by atoms with Gasteiger partial charge in [0.15, 0.2) is 12.2 Å². The SMILES string of the molecule is CCCCCCCCCCCCCCCCC(=O)O[C@H](COC(=O)CCCCCCCCCCC)COP(=O)(O)OC[C@H](O)COP(=O)(O)OC[C@@H](COC(=O)CCCCCCCCCCCCCCCCC(C)CC)OC(=O)CCCCCCCCCCCCCCCCCC(C)C. The highest BCUT2D eigenvalue weighted by atomic mass is 31.2. The van der Waals surface area contributed by atoms with Gasteiger partial charge in [-0.05, 0) is 37.5 Å². The Bertz CT molecular complexity index is 1910. The summed E-state index contributed by atoms with van der Waals surface area (Å²) in [5.74, 6) is -0.457. The van der Waals surface area contributed by atoms with Gasteiger partial charge in [0.1, 0.15) is 19.3 Å². The van der Waals surface area contributed by atoms with Crippen LogP contribution in [0.15, 0.2) is 0 Å². The van der Waals surface area contributed by atoms with Crippen LogP contribution in [0.3, 0.4) is 0 Å². The van der Waals surface area contributed by atoms with Crippen LogP contribution in [-0.2, 0) is 65.4 Å². The number of phosphoric ester groups is 2. The van der Waals surface area contributed by atoms with E-state index >= 15 is 0 Å². The van der Waals surface area contributed by atoms with Crippen molar-refractivity contribution in [1.29, 1.82) is 0 Å². The summed E-state index contributed by atoms with van der Waals surface area (Å²) in [7, 11) is -9.92. The first kappa shape index (κ1) is 97.1. The van der Waals surface area contributed by atoms with Crippen molar-refractivity contribution in [1.82, 2.24) is 0 Å². The Morgan fingerprint density at radius 2 is 0.515 bits per heavy atom. The van der Waals surface area contributed by atoms with E-state index in [0.29, 0.717) is 25.7 Å². The maximum Gasteiger partial charge on any atom is 0.472 e. The maximum absolute atomic E-state index is 13.1. The average Bonchev–Trinajstić information content (AvgIpc) is 1.28. The molecule has 0 heterocycles. The summed E-state index contributed by atoms with van der Waals surface area (Å²) in [5, 5.41) is 10.6. The van der Waals surface area contributed by atoms with Gasteiger partial charge in [-0.2, -0.15) is 0 Å². The molecule has 6 atom stereocenters. The van der Waals surface area contributed by atoms with E-state index in [1.165, 1.54) is 238 Å². The van der Waals surface area contributed by atoms with Crippen LogP contribution in [0.25, 0.3) is 0 Å². The van der Waals surface area contributed by atoms with Crippen molar-refractivity contribution >= 4 is 39.5 Å². The number of aliphatic hydroxyl groups is 1. The van der Waals surface area contributed by atoms with Crippen molar-refractivity contribution < 1.29 is 80.2 Å². The highest BCUT2D eigenvalue weighted by Crippen LogP contribution is 2.45. The molecule has 0 aromatic carbocycles. The minimum absolute atomic E-state index is 0.108. The van der Waals surface area contributed by atoms with E-state index in [-0.39, 0.29) is 25.7 Å². The van der Waals surface area contributed by atoms with Crippen molar-refractivity contribution in [3.63, 3.8) is 0 Å². The summed E-state index contributed by atoms with van der Waals surface area (Å²) in [5.41, 5.74) is 0. The van der Waals surface area contributed by atoms with Gasteiger partial charge in [-0.15, -0.1) is 0 Å². The van der Waals surface area contributed by atoms with Crippen molar-refractivity contribution in [2.75, 3.05) is 39.6 Å². The van der Waals surface area contributed by atoms with E-state index in [1.807, 2.05) is 0 Å². The number of esters is 4. The Hall–Kier alpha value is -1.94. The smallest absolute Gasteiger partial charge is 0.462 e. The minimum Gasteiger partial charge on any atom is -0.462 e. The fourth-order valence-electron chi connectivity index (χ4n) is 12.3. The third kappa shape index (κ3) is 72.8. The highest BCUT2D eigenvalue weighted by molar-refractivity contribution is 7.47. The van der Waals surface area contributed by atoms with Crippen LogP contribution in [0.4, 0.5) is 0 Å². The summed E-state index contributed by atoms with van der Waals surface area (Å²) in [6.07, 6.45) is 60.9. The van der Waals surface area contributed by atoms with Gasteiger partial charge in [-0.3, -0.25) is 37.3 Å². The Morgan fingerprint density at radius 3 is 0.768 bits per heavy atom. The number of hydrogen-bond donors (Lipinski definition) is 3. The lowest BCUT2D eigenvalue weighted by Gasteiger charge is -2.21. The molecule has 0 aromatic rings. The molecule has 0 aromatic heterocycles. The summed E-state index contributed by atoms with van der Waals surface area (Å²) in [6.45, 7) is 9.70. The normalized spacial score (nSPS) is 14.2. The number of ether oxygens (including phenoxy) is 4. The molecule has 588 valence electrons. The molecule has 0 rings (SSSR count). The molecule has 0 radical (unpaired) electrons. The largest absolute Gasteiger partial charge is 0.472 e. The zero-order valence-electron chi connectivity index (χ0n) is 64.8. The first-order valence-corrected chi connectivity index (χ1v) is 44.5. The fraction of sp³-hybridized carbons (Fsp3) is 0.950. The fourth-order valence-corrected chi connectivity index (χ4v) is 13.9. The van der Waals surface area contributed by atoms with Gasteiger partial charge in [-0.1, -0.05) is 369 Å². The average molecular weight is 1450 g/mol. The number of rotatable bonds is 79. The first-order valence-electron chi connectivity index (χ1n) is 41.5. The van der Waals surface area contributed by atoms with Crippen LogP contribution in [0.2, 0.25) is 0 Å². The molecule has 0 aliphatic heterocycles. The number of hydrogen-bond acceptors (Lipinski definition) is 15. The van der Waals surface area contributed by atoms with Gasteiger partial charge in [0.05, 0.1) is 26.4 Å². The zero-order chi connectivity index (χ0) is 72.8. The Kier molecular flexibility index (Phi) is 70.3. The molecule has 0 amide bonds. The first-order chi connectivity index (χ1) is 47.9. The van der Waals surface area contributed by atoms with Gasteiger partial charge < -0.3 is 33.8 Å². The predicted octanol–water partition coefficient (Wildman–Crippen LogP) is 23.9. The van der Waals surface area contributed by atoms with Crippen LogP contribution in [-0.4, -0.2) is 96.7 Å². The third-order valence-corrected chi connectivity index (χ3v) is 21.0. The quantitative estimate of drug-likeness (QED) is 0.0222. The second-order valence-corrected chi connectivity index (χ2v) is 32.4. The van der Waals surface area contributed by atoms with Gasteiger partial charge >= 0.3 is 39.5 Å². The summed E-state index contributed by atoms with van der Waals surface area (Å²) in [6, 6.07) is 0. The van der Waals surface area contributed by atoms with Gasteiger partial charge in [-0.25, -0.2) is 9.13 Å². The van der Waals surface area contributed by atoms with Crippen LogP contribution < -0.4 is 0 Å². The molecular formula is C80H156O17P2. The van der Waals surface area contributed by atoms with Gasteiger partial charge in [0.2, 0.25) is 0 Å². The summed E-state index contributed by atoms with van der Waals surface area (Å²) < 4.78 is 68.7. The second-order valence-electron chi connectivity index (χ2n) is 29.5. The van der Waals surface area contributed by atoms with Crippen molar-refractivity contribution in [2.45, 2.75) is 439 Å². The number of phosphoric acid groups is 2. The van der Waals surface area contributed by atoms with Crippen molar-refractivity contribution in [2.24, 2.45) is 11.8 Å². The summed E-state index contributed by atoms with van der Waals surface area (Å²) in [4.78, 5) is 72.9. The van der Waals surface area contributed by atoms with E-state index in [9.17, 15) is 43.2 Å². The molecule has 19 heteroatoms. The molecule has 0 fully saturated rings. The number of unbranched alkanes of at least 4 members (excludes halogenated alkanes) is 48. The molecule has 0 spiro atoms. The molecule has 0 bridgehead atoms. The molecule has 0 aliphatic rings. The zero-order valence-corrected chi connectivity index (χ0v) is 66.6. The van der Waals surface area contributed by atoms with E-state index in [2.05, 4.69) is 41.5 Å². The third-order valence-electron chi connectivity index (χ3n) is 19.1. The Morgan fingerprint density at radius 1 is 0.293 bits per heavy atom. The number of aliphatic hydroxyl groups excluding tert-OH is 1. The van der Waals surface area contributed by atoms with E-state index < -0.39 is 97.5 Å². The Balaban J connectivity index is 5.23. The van der Waals surface area contributed by atoms with Gasteiger partial charge in [0.25, 0.3) is 0 Å². The molecule has 17 nitrogen and oxygen atoms in total. The number of carbonyl (C=O) groups excluding carboxylic acids is 4. The second kappa shape index (κ2) is 71.7. The molecular weight excluding hydrogens is 1290 g/mol. The van der Waals surface area contributed by atoms with E-state index in [0.717, 1.165) is 102 Å². The molecule has 0 aliphatic carbocycles. The highest BCUT2D eigenvalue weighted by Gasteiger charge is 2.30. The van der Waals surface area contributed by atoms with Gasteiger partial charge in [0, 0.05) is 25.7 Å². The van der Waals surface area contributed by atoms with Crippen molar-refractivity contribution in [3.05, 3.63) is 0 Å². The molecule has 0 saturated carbocycles. The topological polar surface area (TPSA) is 237 Å². The minimum atomic E-state index is -4.96. The van der Waals surface area contributed by atoms with Crippen LogP contribution in [0.1, 0.15) is 420 Å². The summed E-state index contributed by atoms with van der Waals surface area (Å²) >= 11 is 0. The lowest BCUT2D eigenvalue weighted by molar-refractivity contribution is -0.161. The monoisotopic (exact) mass is 1450 g/mol. The number of carbonyl (C=O) groups is 4. The van der Waals surface area contributed by atoms with Crippen LogP contribution >= 0.6 is 15.6 Å². The van der Waals surface area contributed by atoms with Crippen molar-refractivity contribution in [3.8, 4) is 0 Å². The van der Waals surface area contributed by atoms with Crippen LogP contribution in [0.5, 0.6) is 0 Å². The van der Waals surface area contributed by atoms with Crippen LogP contribution in [0, 0.1) is 11.8 Å². The lowest BCUT2D eigenvalue weighted by Crippen LogP contribution is -2.30. The standard InChI is InChI=1S/C80H156O17P2/c1-7-10-12-14-16-18-19-20-28-34-40-46-52-58-64-79(84)96-75(68-90-77(82)62-56-50-44-36-17-15-13-11-8-2)70-94-98(86,87)92-66-74(81)67-93-99(88,89)95-71-76(97-80(85)65-59-53-47-41-35-30-23-21-22-26-31-37-42-48-54-60-72(4)5)69-91-78(83)63-57-51-45-39-33-29-25-24-27-32-38-43-49-55-61-73(6)9-3/h72-76,81H,7-71H2,1-6H3,(H,86,87)(H,88,89)/t73?,74-,75+,76+/m0/s1. The molecule has 3 N–H and O–H groups in total. The van der Waals surface area contributed by atoms with E-state index in [1.54, 1.807) is 0 Å². The maximum atomic E-state index is 13.1. The molecule has 3 unspecified atom stereocenters. The Labute approximate surface area is 607 Å². The molecule has 99 heavy (non-hydrogen) atoms. The lowest BCUT2D eigenvalue weighted by atomic mass is 9.99. The molecule has 0 saturated heterocycles. The van der Waals surface area contributed by atoms with E-state index in [4.69, 9.17) is 37.0 Å².